The molecular weight excluding hydrogens is 346 g/mol. The van der Waals surface area contributed by atoms with E-state index in [4.69, 9.17) is 4.74 Å². The van der Waals surface area contributed by atoms with Gasteiger partial charge in [-0.2, -0.15) is 0 Å². The van der Waals surface area contributed by atoms with E-state index in [2.05, 4.69) is 10.9 Å². The highest BCUT2D eigenvalue weighted by molar-refractivity contribution is 7.88. The van der Waals surface area contributed by atoms with E-state index in [1.807, 2.05) is 6.92 Å². The van der Waals surface area contributed by atoms with Crippen LogP contribution in [-0.4, -0.2) is 50.5 Å². The predicted octanol–water partition coefficient (Wildman–Crippen LogP) is 0.518. The largest absolute Gasteiger partial charge is 0.494 e. The topological polar surface area (TPSA) is 105 Å². The normalized spacial score (nSPS) is 18.4. The number of benzene rings is 1. The predicted molar refractivity (Wildman–Crippen MR) is 92.4 cm³/mol. The summed E-state index contributed by atoms with van der Waals surface area (Å²) >= 11 is 0. The first-order valence-electron chi connectivity index (χ1n) is 8.09. The van der Waals surface area contributed by atoms with Gasteiger partial charge < -0.3 is 4.74 Å². The molecule has 1 aliphatic rings. The Hall–Kier alpha value is -2.13. The van der Waals surface area contributed by atoms with E-state index in [0.717, 1.165) is 6.26 Å². The fourth-order valence-corrected chi connectivity index (χ4v) is 3.53. The van der Waals surface area contributed by atoms with Crippen molar-refractivity contribution in [2.75, 3.05) is 26.0 Å². The minimum Gasteiger partial charge on any atom is -0.494 e. The van der Waals surface area contributed by atoms with E-state index in [1.54, 1.807) is 24.3 Å². The number of hydrogen-bond acceptors (Lipinski definition) is 5. The lowest BCUT2D eigenvalue weighted by Crippen LogP contribution is -2.49. The molecule has 138 valence electrons. The molecule has 1 fully saturated rings. The number of carbonyl (C=O) groups is 2. The smallest absolute Gasteiger partial charge is 0.269 e. The van der Waals surface area contributed by atoms with Gasteiger partial charge in [-0.3, -0.25) is 20.4 Å². The highest BCUT2D eigenvalue weighted by Crippen LogP contribution is 2.18. The fourth-order valence-electron chi connectivity index (χ4n) is 2.62. The van der Waals surface area contributed by atoms with Crippen molar-refractivity contribution in [1.82, 2.24) is 15.2 Å². The Kier molecular flexibility index (Phi) is 6.38. The van der Waals surface area contributed by atoms with Crippen LogP contribution < -0.4 is 15.6 Å². The van der Waals surface area contributed by atoms with Crippen molar-refractivity contribution >= 4 is 21.8 Å². The monoisotopic (exact) mass is 369 g/mol. The molecule has 1 heterocycles. The lowest BCUT2D eigenvalue weighted by Gasteiger charge is -2.30. The molecule has 0 aliphatic carbocycles. The number of amides is 2. The van der Waals surface area contributed by atoms with E-state index in [-0.39, 0.29) is 6.54 Å². The summed E-state index contributed by atoms with van der Waals surface area (Å²) in [5.74, 6) is -0.671. The third kappa shape index (κ3) is 5.43. The molecule has 0 radical (unpaired) electrons. The number of nitrogens with one attached hydrogen (secondary N) is 2. The molecule has 1 atom stereocenters. The zero-order valence-electron chi connectivity index (χ0n) is 14.3. The van der Waals surface area contributed by atoms with Crippen LogP contribution >= 0.6 is 0 Å². The van der Waals surface area contributed by atoms with Crippen LogP contribution in [0.5, 0.6) is 5.75 Å². The van der Waals surface area contributed by atoms with Crippen LogP contribution in [0.2, 0.25) is 0 Å². The van der Waals surface area contributed by atoms with Crippen LogP contribution in [0.15, 0.2) is 24.3 Å². The maximum Gasteiger partial charge on any atom is 0.269 e. The van der Waals surface area contributed by atoms with Crippen LogP contribution in [0, 0.1) is 5.92 Å². The molecule has 9 heteroatoms. The first-order chi connectivity index (χ1) is 11.8. The standard InChI is InChI=1S/C16H23N3O5S/c1-3-24-14-8-6-12(7-9-14)15(20)17-18-16(21)13-5-4-10-19(11-13)25(2,22)23/h6-9,13H,3-5,10-11H2,1-2H3,(H,17,20)(H,18,21). The summed E-state index contributed by atoms with van der Waals surface area (Å²) in [4.78, 5) is 24.2. The Morgan fingerprint density at radius 2 is 1.92 bits per heavy atom. The van der Waals surface area contributed by atoms with Crippen molar-refractivity contribution in [2.24, 2.45) is 5.92 Å². The molecule has 25 heavy (non-hydrogen) atoms. The van der Waals surface area contributed by atoms with Gasteiger partial charge in [-0.15, -0.1) is 0 Å². The van der Waals surface area contributed by atoms with E-state index < -0.39 is 27.8 Å². The summed E-state index contributed by atoms with van der Waals surface area (Å²) in [6.45, 7) is 2.95. The zero-order valence-corrected chi connectivity index (χ0v) is 15.1. The number of hydrazine groups is 1. The molecule has 1 unspecified atom stereocenters. The van der Waals surface area contributed by atoms with Gasteiger partial charge in [0.05, 0.1) is 18.8 Å². The second kappa shape index (κ2) is 8.30. The number of sulfonamides is 1. The summed E-state index contributed by atoms with van der Waals surface area (Å²) in [6.07, 6.45) is 2.32. The van der Waals surface area contributed by atoms with E-state index in [1.165, 1.54) is 4.31 Å². The molecule has 2 N–H and O–H groups in total. The van der Waals surface area contributed by atoms with Gasteiger partial charge in [-0.25, -0.2) is 12.7 Å². The van der Waals surface area contributed by atoms with Crippen molar-refractivity contribution in [1.29, 1.82) is 0 Å². The second-order valence-corrected chi connectivity index (χ2v) is 7.84. The zero-order chi connectivity index (χ0) is 18.4. The average molecular weight is 369 g/mol. The van der Waals surface area contributed by atoms with Crippen LogP contribution in [0.3, 0.4) is 0 Å². The van der Waals surface area contributed by atoms with Crippen molar-refractivity contribution in [3.63, 3.8) is 0 Å². The number of carbonyl (C=O) groups excluding carboxylic acids is 2. The van der Waals surface area contributed by atoms with Gasteiger partial charge in [0.2, 0.25) is 15.9 Å². The second-order valence-electron chi connectivity index (χ2n) is 5.86. The Balaban J connectivity index is 1.87. The minimum atomic E-state index is -3.32. The molecule has 0 bridgehead atoms. The number of ether oxygens (including phenoxy) is 1. The number of rotatable bonds is 5. The Morgan fingerprint density at radius 3 is 2.52 bits per heavy atom. The maximum atomic E-state index is 12.2. The third-order valence-corrected chi connectivity index (χ3v) is 5.22. The van der Waals surface area contributed by atoms with Crippen LogP contribution in [0.25, 0.3) is 0 Å². The summed E-state index contributed by atoms with van der Waals surface area (Å²) in [5, 5.41) is 0. The highest BCUT2D eigenvalue weighted by Gasteiger charge is 2.30. The number of nitrogens with zero attached hydrogens (tertiary/aromatic N) is 1. The fraction of sp³-hybridized carbons (Fsp3) is 0.500. The van der Waals surface area contributed by atoms with Crippen LogP contribution in [0.4, 0.5) is 0 Å². The molecule has 2 amide bonds. The summed E-state index contributed by atoms with van der Waals surface area (Å²) < 4.78 is 29.8. The highest BCUT2D eigenvalue weighted by atomic mass is 32.2. The first-order valence-corrected chi connectivity index (χ1v) is 9.94. The first kappa shape index (κ1) is 19.2. The summed E-state index contributed by atoms with van der Waals surface area (Å²) in [6, 6.07) is 6.54. The van der Waals surface area contributed by atoms with Gasteiger partial charge in [0.1, 0.15) is 5.75 Å². The Bertz CT molecular complexity index is 718. The molecule has 1 aliphatic heterocycles. The van der Waals surface area contributed by atoms with E-state index in [9.17, 15) is 18.0 Å². The van der Waals surface area contributed by atoms with Crippen molar-refractivity contribution in [3.8, 4) is 5.75 Å². The molecule has 2 rings (SSSR count). The van der Waals surface area contributed by atoms with Crippen LogP contribution in [0.1, 0.15) is 30.1 Å². The molecule has 1 saturated heterocycles. The third-order valence-electron chi connectivity index (χ3n) is 3.95. The SMILES string of the molecule is CCOc1ccc(C(=O)NNC(=O)C2CCCN(S(C)(=O)=O)C2)cc1. The van der Waals surface area contributed by atoms with Crippen molar-refractivity contribution in [3.05, 3.63) is 29.8 Å². The number of piperidine rings is 1. The Morgan fingerprint density at radius 1 is 1.24 bits per heavy atom. The summed E-state index contributed by atoms with van der Waals surface area (Å²) in [5.41, 5.74) is 5.10. The molecule has 8 nitrogen and oxygen atoms in total. The molecular formula is C16H23N3O5S. The lowest BCUT2D eigenvalue weighted by atomic mass is 9.99. The van der Waals surface area contributed by atoms with Gasteiger partial charge in [-0.05, 0) is 44.0 Å². The molecule has 0 aromatic heterocycles. The van der Waals surface area contributed by atoms with Crippen molar-refractivity contribution < 1.29 is 22.7 Å². The maximum absolute atomic E-state index is 12.2. The van der Waals surface area contributed by atoms with Gasteiger partial charge in [0.15, 0.2) is 0 Å². The van der Waals surface area contributed by atoms with Gasteiger partial charge in [0.25, 0.3) is 5.91 Å². The molecule has 1 aromatic rings. The average Bonchev–Trinajstić information content (AvgIpc) is 2.59. The van der Waals surface area contributed by atoms with Gasteiger partial charge in [-0.1, -0.05) is 0 Å². The van der Waals surface area contributed by atoms with E-state index in [0.29, 0.717) is 37.3 Å². The molecule has 0 saturated carbocycles. The van der Waals surface area contributed by atoms with Crippen LogP contribution in [-0.2, 0) is 14.8 Å². The Labute approximate surface area is 147 Å². The summed E-state index contributed by atoms with van der Waals surface area (Å²) in [7, 11) is -3.32. The van der Waals surface area contributed by atoms with E-state index >= 15 is 0 Å². The minimum absolute atomic E-state index is 0.129. The van der Waals surface area contributed by atoms with Crippen molar-refractivity contribution in [2.45, 2.75) is 19.8 Å². The lowest BCUT2D eigenvalue weighted by molar-refractivity contribution is -0.126. The van der Waals surface area contributed by atoms with Gasteiger partial charge in [0, 0.05) is 18.7 Å². The molecule has 0 spiro atoms. The van der Waals surface area contributed by atoms with Gasteiger partial charge >= 0.3 is 0 Å². The number of hydrogen-bond donors (Lipinski definition) is 2. The quantitative estimate of drug-likeness (QED) is 0.736. The molecule has 1 aromatic carbocycles.